The topological polar surface area (TPSA) is 86.7 Å². The van der Waals surface area contributed by atoms with E-state index in [0.29, 0.717) is 38.0 Å². The van der Waals surface area contributed by atoms with Gasteiger partial charge in [0, 0.05) is 25.2 Å². The predicted molar refractivity (Wildman–Crippen MR) is 105 cm³/mol. The highest BCUT2D eigenvalue weighted by Gasteiger charge is 2.28. The van der Waals surface area contributed by atoms with Crippen LogP contribution in [0.2, 0.25) is 0 Å². The van der Waals surface area contributed by atoms with Crippen LogP contribution in [0.3, 0.4) is 0 Å². The lowest BCUT2D eigenvalue weighted by Gasteiger charge is -2.32. The summed E-state index contributed by atoms with van der Waals surface area (Å²) in [4.78, 5) is 37.6. The van der Waals surface area contributed by atoms with E-state index in [1.165, 1.54) is 24.3 Å². The standard InChI is InChI=1S/C22H23FN2O4/c23-19-9-7-16(8-10-19)21(27)25-13-1-2-18(14-25)20(26)24-12-11-15-3-5-17(6-4-15)22(28)29/h3-10,18H,1-2,11-14H2,(H,24,26)(H,28,29). The van der Waals surface area contributed by atoms with Crippen LogP contribution in [0.25, 0.3) is 0 Å². The summed E-state index contributed by atoms with van der Waals surface area (Å²) in [6.07, 6.45) is 2.05. The van der Waals surface area contributed by atoms with Crippen molar-refractivity contribution in [2.75, 3.05) is 19.6 Å². The molecule has 7 heteroatoms. The van der Waals surface area contributed by atoms with Gasteiger partial charge in [-0.3, -0.25) is 9.59 Å². The van der Waals surface area contributed by atoms with Gasteiger partial charge >= 0.3 is 5.97 Å². The quantitative estimate of drug-likeness (QED) is 0.783. The number of likely N-dealkylation sites (tertiary alicyclic amines) is 1. The highest BCUT2D eigenvalue weighted by molar-refractivity contribution is 5.94. The molecule has 1 saturated heterocycles. The lowest BCUT2D eigenvalue weighted by atomic mass is 9.96. The largest absolute Gasteiger partial charge is 0.478 e. The van der Waals surface area contributed by atoms with Crippen molar-refractivity contribution in [3.63, 3.8) is 0 Å². The van der Waals surface area contributed by atoms with Gasteiger partial charge in [-0.1, -0.05) is 12.1 Å². The number of rotatable bonds is 6. The van der Waals surface area contributed by atoms with Gasteiger partial charge in [-0.25, -0.2) is 9.18 Å². The van der Waals surface area contributed by atoms with Crippen LogP contribution in [0.5, 0.6) is 0 Å². The van der Waals surface area contributed by atoms with Crippen molar-refractivity contribution in [1.29, 1.82) is 0 Å². The Morgan fingerprint density at radius 2 is 1.69 bits per heavy atom. The first kappa shape index (κ1) is 20.5. The molecule has 0 aromatic heterocycles. The Morgan fingerprint density at radius 1 is 1.03 bits per heavy atom. The number of halogens is 1. The molecule has 2 aromatic rings. The van der Waals surface area contributed by atoms with Crippen molar-refractivity contribution in [3.8, 4) is 0 Å². The molecule has 1 aliphatic rings. The van der Waals surface area contributed by atoms with E-state index < -0.39 is 11.8 Å². The molecule has 0 bridgehead atoms. The third-order valence-corrected chi connectivity index (χ3v) is 5.08. The molecule has 1 aliphatic heterocycles. The SMILES string of the molecule is O=C(O)c1ccc(CCNC(=O)C2CCCN(C(=O)c3ccc(F)cc3)C2)cc1. The normalized spacial score (nSPS) is 16.3. The first-order valence-electron chi connectivity index (χ1n) is 9.59. The number of carbonyl (C=O) groups excluding carboxylic acids is 2. The van der Waals surface area contributed by atoms with Crippen LogP contribution in [0.1, 0.15) is 39.1 Å². The van der Waals surface area contributed by atoms with E-state index in [9.17, 15) is 18.8 Å². The number of carbonyl (C=O) groups is 3. The second-order valence-corrected chi connectivity index (χ2v) is 7.14. The molecule has 0 radical (unpaired) electrons. The van der Waals surface area contributed by atoms with E-state index in [0.717, 1.165) is 12.0 Å². The number of aromatic carboxylic acids is 1. The van der Waals surface area contributed by atoms with Gasteiger partial charge in [0.1, 0.15) is 5.82 Å². The molecule has 2 aromatic carbocycles. The minimum absolute atomic E-state index is 0.0937. The van der Waals surface area contributed by atoms with Crippen molar-refractivity contribution in [1.82, 2.24) is 10.2 Å². The third kappa shape index (κ3) is 5.40. The van der Waals surface area contributed by atoms with Crippen molar-refractivity contribution in [3.05, 3.63) is 71.0 Å². The summed E-state index contributed by atoms with van der Waals surface area (Å²) in [5.41, 5.74) is 1.58. The number of hydrogen-bond donors (Lipinski definition) is 2. The van der Waals surface area contributed by atoms with Gasteiger partial charge in [-0.2, -0.15) is 0 Å². The Labute approximate surface area is 168 Å². The molecule has 0 saturated carbocycles. The number of carboxylic acids is 1. The predicted octanol–water partition coefficient (Wildman–Crippen LogP) is 2.74. The molecule has 1 unspecified atom stereocenters. The number of nitrogens with one attached hydrogen (secondary N) is 1. The highest BCUT2D eigenvalue weighted by Crippen LogP contribution is 2.19. The first-order valence-corrected chi connectivity index (χ1v) is 9.59. The minimum atomic E-state index is -0.970. The van der Waals surface area contributed by atoms with Crippen molar-refractivity contribution >= 4 is 17.8 Å². The molecule has 0 spiro atoms. The second-order valence-electron chi connectivity index (χ2n) is 7.14. The molecular formula is C22H23FN2O4. The summed E-state index contributed by atoms with van der Waals surface area (Å²) < 4.78 is 13.1. The lowest BCUT2D eigenvalue weighted by Crippen LogP contribution is -2.45. The van der Waals surface area contributed by atoms with E-state index in [1.54, 1.807) is 29.2 Å². The Bertz CT molecular complexity index is 881. The van der Waals surface area contributed by atoms with E-state index in [2.05, 4.69) is 5.32 Å². The van der Waals surface area contributed by atoms with Gasteiger partial charge < -0.3 is 15.3 Å². The van der Waals surface area contributed by atoms with Crippen LogP contribution in [-0.4, -0.2) is 47.4 Å². The Hall–Kier alpha value is -3.22. The molecule has 6 nitrogen and oxygen atoms in total. The van der Waals surface area contributed by atoms with Gasteiger partial charge in [0.15, 0.2) is 0 Å². The lowest BCUT2D eigenvalue weighted by molar-refractivity contribution is -0.126. The summed E-state index contributed by atoms with van der Waals surface area (Å²) in [7, 11) is 0. The molecule has 1 atom stereocenters. The zero-order valence-electron chi connectivity index (χ0n) is 15.9. The summed E-state index contributed by atoms with van der Waals surface area (Å²) >= 11 is 0. The van der Waals surface area contributed by atoms with E-state index >= 15 is 0 Å². The number of hydrogen-bond acceptors (Lipinski definition) is 3. The molecule has 3 rings (SSSR count). The molecule has 1 heterocycles. The summed E-state index contributed by atoms with van der Waals surface area (Å²) in [6.45, 7) is 1.36. The fourth-order valence-electron chi connectivity index (χ4n) is 3.44. The number of nitrogens with zero attached hydrogens (tertiary/aromatic N) is 1. The van der Waals surface area contributed by atoms with Crippen LogP contribution in [0.15, 0.2) is 48.5 Å². The molecule has 2 N–H and O–H groups in total. The summed E-state index contributed by atoms with van der Waals surface area (Å²) in [5.74, 6) is -1.93. The fraction of sp³-hybridized carbons (Fsp3) is 0.318. The maximum absolute atomic E-state index is 13.1. The van der Waals surface area contributed by atoms with Crippen LogP contribution >= 0.6 is 0 Å². The number of benzene rings is 2. The Balaban J connectivity index is 1.49. The maximum atomic E-state index is 13.1. The van der Waals surface area contributed by atoms with E-state index in [1.807, 2.05) is 0 Å². The molecule has 1 fully saturated rings. The monoisotopic (exact) mass is 398 g/mol. The molecule has 0 aliphatic carbocycles. The highest BCUT2D eigenvalue weighted by atomic mass is 19.1. The van der Waals surface area contributed by atoms with Crippen LogP contribution in [0.4, 0.5) is 4.39 Å². The van der Waals surface area contributed by atoms with E-state index in [4.69, 9.17) is 5.11 Å². The fourth-order valence-corrected chi connectivity index (χ4v) is 3.44. The summed E-state index contributed by atoms with van der Waals surface area (Å²) in [5, 5.41) is 11.8. The summed E-state index contributed by atoms with van der Waals surface area (Å²) in [6, 6.07) is 12.0. The van der Waals surface area contributed by atoms with Gasteiger partial charge in [-0.15, -0.1) is 0 Å². The van der Waals surface area contributed by atoms with Crippen molar-refractivity contribution in [2.24, 2.45) is 5.92 Å². The van der Waals surface area contributed by atoms with Gasteiger partial charge in [0.2, 0.25) is 5.91 Å². The van der Waals surface area contributed by atoms with Gasteiger partial charge in [-0.05, 0) is 61.2 Å². The first-order chi connectivity index (χ1) is 13.9. The number of amides is 2. The second kappa shape index (κ2) is 9.32. The van der Waals surface area contributed by atoms with Gasteiger partial charge in [0.05, 0.1) is 11.5 Å². The average Bonchev–Trinajstić information content (AvgIpc) is 2.74. The molecule has 29 heavy (non-hydrogen) atoms. The number of carboxylic acid groups (broad SMARTS) is 1. The molecule has 2 amide bonds. The smallest absolute Gasteiger partial charge is 0.335 e. The van der Waals surface area contributed by atoms with Gasteiger partial charge in [0.25, 0.3) is 5.91 Å². The number of piperidine rings is 1. The molecule has 152 valence electrons. The van der Waals surface area contributed by atoms with Crippen LogP contribution in [-0.2, 0) is 11.2 Å². The average molecular weight is 398 g/mol. The van der Waals surface area contributed by atoms with Crippen LogP contribution < -0.4 is 5.32 Å². The van der Waals surface area contributed by atoms with Crippen LogP contribution in [0, 0.1) is 11.7 Å². The van der Waals surface area contributed by atoms with Crippen molar-refractivity contribution < 1.29 is 23.9 Å². The third-order valence-electron chi connectivity index (χ3n) is 5.08. The molecular weight excluding hydrogens is 375 g/mol. The maximum Gasteiger partial charge on any atom is 0.335 e. The Kier molecular flexibility index (Phi) is 6.59. The Morgan fingerprint density at radius 3 is 2.34 bits per heavy atom. The van der Waals surface area contributed by atoms with E-state index in [-0.39, 0.29) is 23.3 Å². The zero-order chi connectivity index (χ0) is 20.8. The minimum Gasteiger partial charge on any atom is -0.478 e. The zero-order valence-corrected chi connectivity index (χ0v) is 15.9. The van der Waals surface area contributed by atoms with Crippen molar-refractivity contribution in [2.45, 2.75) is 19.3 Å².